The average molecular weight is 242 g/mol. The molecule has 0 aromatic heterocycles. The lowest BCUT2D eigenvalue weighted by Crippen LogP contribution is -2.39. The van der Waals surface area contributed by atoms with Crippen molar-refractivity contribution < 1.29 is 0 Å². The summed E-state index contributed by atoms with van der Waals surface area (Å²) in [6.45, 7) is 6.45. The van der Waals surface area contributed by atoms with Gasteiger partial charge in [-0.05, 0) is 42.4 Å². The Hall–Kier alpha value is -1.33. The fourth-order valence-electron chi connectivity index (χ4n) is 2.70. The molecule has 1 aliphatic rings. The molecule has 2 rings (SSSR count). The van der Waals surface area contributed by atoms with Crippen molar-refractivity contribution in [1.82, 2.24) is 0 Å². The highest BCUT2D eigenvalue weighted by molar-refractivity contribution is 5.37. The molecule has 1 saturated carbocycles. The lowest BCUT2D eigenvalue weighted by molar-refractivity contribution is 0.168. The van der Waals surface area contributed by atoms with Gasteiger partial charge in [-0.1, -0.05) is 38.5 Å². The Bertz CT molecular complexity index is 478. The summed E-state index contributed by atoms with van der Waals surface area (Å²) in [4.78, 5) is 0. The lowest BCUT2D eigenvalue weighted by Gasteiger charge is -2.41. The van der Waals surface area contributed by atoms with Gasteiger partial charge in [-0.25, -0.2) is 0 Å². The first kappa shape index (κ1) is 13.1. The van der Waals surface area contributed by atoms with Crippen LogP contribution in [0.15, 0.2) is 18.2 Å². The van der Waals surface area contributed by atoms with Crippen LogP contribution in [0.2, 0.25) is 0 Å². The largest absolute Gasteiger partial charge is 0.323 e. The maximum atomic E-state index is 9.41. The van der Waals surface area contributed by atoms with Gasteiger partial charge in [-0.15, -0.1) is 0 Å². The van der Waals surface area contributed by atoms with E-state index in [-0.39, 0.29) is 11.5 Å². The van der Waals surface area contributed by atoms with E-state index in [0.717, 1.165) is 24.8 Å². The van der Waals surface area contributed by atoms with Gasteiger partial charge in [-0.2, -0.15) is 5.26 Å². The van der Waals surface area contributed by atoms with E-state index in [0.29, 0.717) is 5.92 Å². The van der Waals surface area contributed by atoms with Gasteiger partial charge in [0, 0.05) is 6.04 Å². The van der Waals surface area contributed by atoms with Crippen LogP contribution < -0.4 is 5.73 Å². The Morgan fingerprint density at radius 2 is 2.00 bits per heavy atom. The smallest absolute Gasteiger partial charge is 0.0766 e. The first-order valence-corrected chi connectivity index (χ1v) is 6.77. The first-order valence-electron chi connectivity index (χ1n) is 6.77. The summed E-state index contributed by atoms with van der Waals surface area (Å²) in [6.07, 6.45) is 3.01. The fourth-order valence-corrected chi connectivity index (χ4v) is 2.70. The van der Waals surface area contributed by atoms with Gasteiger partial charge in [-0.3, -0.25) is 0 Å². The molecule has 18 heavy (non-hydrogen) atoms. The van der Waals surface area contributed by atoms with Crippen molar-refractivity contribution in [3.8, 4) is 6.07 Å². The molecule has 0 saturated heterocycles. The van der Waals surface area contributed by atoms with Crippen LogP contribution in [0.4, 0.5) is 0 Å². The van der Waals surface area contributed by atoms with Crippen molar-refractivity contribution >= 4 is 0 Å². The second-order valence-electron chi connectivity index (χ2n) is 5.87. The zero-order valence-corrected chi connectivity index (χ0v) is 11.5. The minimum Gasteiger partial charge on any atom is -0.323 e. The molecule has 2 heteroatoms. The van der Waals surface area contributed by atoms with E-state index in [4.69, 9.17) is 5.73 Å². The molecule has 1 aromatic carbocycles. The summed E-state index contributed by atoms with van der Waals surface area (Å²) in [5.74, 6) is 0.496. The lowest BCUT2D eigenvalue weighted by atomic mass is 9.63. The van der Waals surface area contributed by atoms with Gasteiger partial charge < -0.3 is 5.73 Å². The average Bonchev–Trinajstić information content (AvgIpc) is 2.28. The highest BCUT2D eigenvalue weighted by Gasteiger charge is 2.43. The van der Waals surface area contributed by atoms with Gasteiger partial charge >= 0.3 is 0 Å². The van der Waals surface area contributed by atoms with Crippen LogP contribution in [0.25, 0.3) is 0 Å². The standard InChI is InChI=1S/C16H22N2/c1-11(2)13-6-5-12(3)14(9-13)15(18)16(10-17)7-4-8-16/h5-6,9,11,15H,4,7-8,18H2,1-3H3. The maximum absolute atomic E-state index is 9.41. The van der Waals surface area contributed by atoms with Crippen molar-refractivity contribution in [1.29, 1.82) is 5.26 Å². The number of nitriles is 1. The monoisotopic (exact) mass is 242 g/mol. The van der Waals surface area contributed by atoms with Gasteiger partial charge in [0.15, 0.2) is 0 Å². The van der Waals surface area contributed by atoms with Crippen molar-refractivity contribution in [3.05, 3.63) is 34.9 Å². The van der Waals surface area contributed by atoms with Crippen molar-refractivity contribution in [2.45, 2.75) is 52.0 Å². The number of hydrogen-bond acceptors (Lipinski definition) is 2. The normalized spacial score (nSPS) is 19.1. The molecule has 1 aromatic rings. The number of aryl methyl sites for hydroxylation is 1. The quantitative estimate of drug-likeness (QED) is 0.876. The first-order chi connectivity index (χ1) is 8.50. The van der Waals surface area contributed by atoms with Crippen LogP contribution in [0.5, 0.6) is 0 Å². The number of nitrogens with two attached hydrogens (primary N) is 1. The summed E-state index contributed by atoms with van der Waals surface area (Å²) in [7, 11) is 0. The van der Waals surface area contributed by atoms with Gasteiger partial charge in [0.1, 0.15) is 0 Å². The van der Waals surface area contributed by atoms with Crippen LogP contribution in [-0.2, 0) is 0 Å². The summed E-state index contributed by atoms with van der Waals surface area (Å²) in [5, 5.41) is 9.41. The topological polar surface area (TPSA) is 49.8 Å². The Morgan fingerprint density at radius 3 is 2.44 bits per heavy atom. The second-order valence-corrected chi connectivity index (χ2v) is 5.87. The van der Waals surface area contributed by atoms with E-state index in [1.54, 1.807) is 0 Å². The zero-order chi connectivity index (χ0) is 13.3. The summed E-state index contributed by atoms with van der Waals surface area (Å²) in [6, 6.07) is 8.81. The van der Waals surface area contributed by atoms with Gasteiger partial charge in [0.05, 0.1) is 11.5 Å². The molecule has 0 amide bonds. The molecule has 96 valence electrons. The maximum Gasteiger partial charge on any atom is 0.0766 e. The molecule has 1 atom stereocenters. The second kappa shape index (κ2) is 4.74. The third-order valence-corrected chi connectivity index (χ3v) is 4.37. The Labute approximate surface area is 110 Å². The number of rotatable bonds is 3. The molecule has 2 N–H and O–H groups in total. The zero-order valence-electron chi connectivity index (χ0n) is 11.5. The summed E-state index contributed by atoms with van der Waals surface area (Å²) in [5.41, 5.74) is 9.74. The van der Waals surface area contributed by atoms with Crippen LogP contribution >= 0.6 is 0 Å². The molecule has 0 bridgehead atoms. The van der Waals surface area contributed by atoms with Crippen LogP contribution in [0.1, 0.15) is 61.8 Å². The van der Waals surface area contributed by atoms with Crippen molar-refractivity contribution in [3.63, 3.8) is 0 Å². The Balaban J connectivity index is 2.38. The van der Waals surface area contributed by atoms with Gasteiger partial charge in [0.2, 0.25) is 0 Å². The minimum atomic E-state index is -0.319. The highest BCUT2D eigenvalue weighted by Crippen LogP contribution is 2.49. The van der Waals surface area contributed by atoms with E-state index in [9.17, 15) is 5.26 Å². The molecule has 1 fully saturated rings. The van der Waals surface area contributed by atoms with Crippen LogP contribution in [0, 0.1) is 23.7 Å². The molecule has 0 aliphatic heterocycles. The molecular weight excluding hydrogens is 220 g/mol. The van der Waals surface area contributed by atoms with E-state index >= 15 is 0 Å². The van der Waals surface area contributed by atoms with Crippen LogP contribution in [-0.4, -0.2) is 0 Å². The van der Waals surface area contributed by atoms with Crippen molar-refractivity contribution in [2.75, 3.05) is 0 Å². The molecule has 0 radical (unpaired) electrons. The fraction of sp³-hybridized carbons (Fsp3) is 0.562. The highest BCUT2D eigenvalue weighted by atomic mass is 14.7. The molecule has 1 unspecified atom stereocenters. The molecule has 2 nitrogen and oxygen atoms in total. The molecule has 1 aliphatic carbocycles. The molecule has 0 heterocycles. The third-order valence-electron chi connectivity index (χ3n) is 4.37. The predicted octanol–water partition coefficient (Wildman–Crippen LogP) is 3.81. The Kier molecular flexibility index (Phi) is 3.45. The van der Waals surface area contributed by atoms with E-state index in [2.05, 4.69) is 45.0 Å². The number of hydrogen-bond donors (Lipinski definition) is 1. The van der Waals surface area contributed by atoms with E-state index in [1.807, 2.05) is 0 Å². The minimum absolute atomic E-state index is 0.144. The van der Waals surface area contributed by atoms with Crippen molar-refractivity contribution in [2.24, 2.45) is 11.1 Å². The molecule has 0 spiro atoms. The number of benzene rings is 1. The Morgan fingerprint density at radius 1 is 1.33 bits per heavy atom. The third kappa shape index (κ3) is 2.04. The predicted molar refractivity (Wildman–Crippen MR) is 74.1 cm³/mol. The van der Waals surface area contributed by atoms with E-state index in [1.165, 1.54) is 11.1 Å². The van der Waals surface area contributed by atoms with Crippen LogP contribution in [0.3, 0.4) is 0 Å². The summed E-state index contributed by atoms with van der Waals surface area (Å²) >= 11 is 0. The molecular formula is C16H22N2. The number of nitrogens with zero attached hydrogens (tertiary/aromatic N) is 1. The van der Waals surface area contributed by atoms with Gasteiger partial charge in [0.25, 0.3) is 0 Å². The van der Waals surface area contributed by atoms with E-state index < -0.39 is 0 Å². The SMILES string of the molecule is Cc1ccc(C(C)C)cc1C(N)C1(C#N)CCC1. The summed E-state index contributed by atoms with van der Waals surface area (Å²) < 4.78 is 0.